The molecule has 0 saturated heterocycles. The largest absolute Gasteiger partial charge is 0.423 e. The predicted octanol–water partition coefficient (Wildman–Crippen LogP) is 1.68. The van der Waals surface area contributed by atoms with E-state index in [4.69, 9.17) is 9.15 Å². The molecule has 1 atom stereocenters. The van der Waals surface area contributed by atoms with E-state index in [1.165, 1.54) is 13.2 Å². The first-order chi connectivity index (χ1) is 7.76. The third-order valence-corrected chi connectivity index (χ3v) is 2.37. The van der Waals surface area contributed by atoms with Crippen molar-refractivity contribution in [2.24, 2.45) is 0 Å². The molecule has 0 aliphatic heterocycles. The Balaban J connectivity index is 2.76. The maximum Gasteiger partial charge on any atom is 0.336 e. The zero-order valence-electron chi connectivity index (χ0n) is 8.67. The van der Waals surface area contributed by atoms with Gasteiger partial charge in [0.1, 0.15) is 11.7 Å². The molecule has 0 aliphatic carbocycles. The van der Waals surface area contributed by atoms with E-state index in [0.29, 0.717) is 22.8 Å². The molecule has 0 bridgehead atoms. The van der Waals surface area contributed by atoms with Crippen LogP contribution in [0.5, 0.6) is 0 Å². The lowest BCUT2D eigenvalue weighted by atomic mass is 10.1. The zero-order valence-corrected chi connectivity index (χ0v) is 8.67. The maximum atomic E-state index is 11.3. The quantitative estimate of drug-likeness (QED) is 0.581. The summed E-state index contributed by atoms with van der Waals surface area (Å²) in [7, 11) is 1.42. The molecule has 1 aromatic carbocycles. The zero-order chi connectivity index (χ0) is 11.5. The number of benzene rings is 1. The summed E-state index contributed by atoms with van der Waals surface area (Å²) in [4.78, 5) is 22.1. The number of ether oxygens (including phenoxy) is 1. The van der Waals surface area contributed by atoms with Crippen molar-refractivity contribution in [2.45, 2.75) is 6.10 Å². The Hall–Kier alpha value is -1.94. The van der Waals surface area contributed by atoms with Crippen LogP contribution >= 0.6 is 0 Å². The van der Waals surface area contributed by atoms with E-state index in [9.17, 15) is 9.59 Å². The molecule has 82 valence electrons. The minimum Gasteiger partial charge on any atom is -0.423 e. The first-order valence-electron chi connectivity index (χ1n) is 4.77. The molecule has 4 nitrogen and oxygen atoms in total. The van der Waals surface area contributed by atoms with Gasteiger partial charge in [-0.05, 0) is 6.07 Å². The number of hydrogen-bond acceptors (Lipinski definition) is 4. The molecular formula is C12H10O4. The number of fused-ring (bicyclic) bond motifs is 1. The molecule has 2 aromatic rings. The Labute approximate surface area is 91.4 Å². The molecule has 0 aliphatic rings. The molecule has 16 heavy (non-hydrogen) atoms. The summed E-state index contributed by atoms with van der Waals surface area (Å²) < 4.78 is 10.0. The molecule has 1 aromatic heterocycles. The molecule has 0 radical (unpaired) electrons. The lowest BCUT2D eigenvalue weighted by Gasteiger charge is -2.10. The summed E-state index contributed by atoms with van der Waals surface area (Å²) in [5.41, 5.74) is 0.496. The van der Waals surface area contributed by atoms with Gasteiger partial charge in [-0.2, -0.15) is 0 Å². The Bertz CT molecular complexity index is 570. The van der Waals surface area contributed by atoms with Crippen molar-refractivity contribution >= 4 is 17.3 Å². The van der Waals surface area contributed by atoms with E-state index in [1.807, 2.05) is 6.07 Å². The highest BCUT2D eigenvalue weighted by Gasteiger charge is 2.14. The van der Waals surface area contributed by atoms with Gasteiger partial charge < -0.3 is 13.9 Å². The molecule has 1 unspecified atom stereocenters. The van der Waals surface area contributed by atoms with Crippen molar-refractivity contribution in [3.8, 4) is 0 Å². The van der Waals surface area contributed by atoms with Gasteiger partial charge in [-0.25, -0.2) is 4.79 Å². The van der Waals surface area contributed by atoms with Crippen LogP contribution in [0.1, 0.15) is 11.7 Å². The predicted molar refractivity (Wildman–Crippen MR) is 58.3 cm³/mol. The number of rotatable bonds is 3. The van der Waals surface area contributed by atoms with E-state index in [-0.39, 0.29) is 0 Å². The van der Waals surface area contributed by atoms with E-state index >= 15 is 0 Å². The van der Waals surface area contributed by atoms with Crippen LogP contribution in [0.3, 0.4) is 0 Å². The average molecular weight is 218 g/mol. The molecule has 0 spiro atoms. The van der Waals surface area contributed by atoms with Crippen LogP contribution in [0.15, 0.2) is 39.5 Å². The van der Waals surface area contributed by atoms with Crippen molar-refractivity contribution in [1.82, 2.24) is 0 Å². The standard InChI is InChI=1S/C12H10O4/c1-15-11(7-13)9-6-12(14)16-10-5-3-2-4-8(9)10/h2-7,11H,1H3. The van der Waals surface area contributed by atoms with Crippen molar-refractivity contribution in [1.29, 1.82) is 0 Å². The second kappa shape index (κ2) is 4.28. The Morgan fingerprint density at radius 3 is 2.81 bits per heavy atom. The Kier molecular flexibility index (Phi) is 2.83. The highest BCUT2D eigenvalue weighted by molar-refractivity contribution is 5.83. The van der Waals surface area contributed by atoms with Gasteiger partial charge in [-0.3, -0.25) is 0 Å². The maximum absolute atomic E-state index is 11.3. The molecular weight excluding hydrogens is 208 g/mol. The van der Waals surface area contributed by atoms with Crippen LogP contribution in [0, 0.1) is 0 Å². The number of carbonyl (C=O) groups is 1. The second-order valence-electron chi connectivity index (χ2n) is 3.31. The number of carbonyl (C=O) groups excluding carboxylic acids is 1. The fourth-order valence-electron chi connectivity index (χ4n) is 1.63. The van der Waals surface area contributed by atoms with Crippen molar-refractivity contribution in [2.75, 3.05) is 7.11 Å². The first kappa shape index (κ1) is 10.6. The van der Waals surface area contributed by atoms with Crippen LogP contribution in [-0.2, 0) is 9.53 Å². The molecule has 4 heteroatoms. The van der Waals surface area contributed by atoms with Crippen molar-refractivity contribution < 1.29 is 13.9 Å². The van der Waals surface area contributed by atoms with Gasteiger partial charge >= 0.3 is 5.63 Å². The van der Waals surface area contributed by atoms with Gasteiger partial charge in [0.15, 0.2) is 6.29 Å². The van der Waals surface area contributed by atoms with Crippen molar-refractivity contribution in [3.63, 3.8) is 0 Å². The molecule has 0 saturated carbocycles. The normalized spacial score (nSPS) is 12.6. The van der Waals surface area contributed by atoms with Crippen LogP contribution in [0.25, 0.3) is 11.0 Å². The third-order valence-electron chi connectivity index (χ3n) is 2.37. The lowest BCUT2D eigenvalue weighted by Crippen LogP contribution is -2.08. The summed E-state index contributed by atoms with van der Waals surface area (Å²) in [6.45, 7) is 0. The van der Waals surface area contributed by atoms with Crippen LogP contribution in [-0.4, -0.2) is 13.4 Å². The van der Waals surface area contributed by atoms with E-state index in [2.05, 4.69) is 0 Å². The summed E-state index contributed by atoms with van der Waals surface area (Å²) in [6, 6.07) is 8.31. The van der Waals surface area contributed by atoms with Gasteiger partial charge in [0, 0.05) is 24.1 Å². The number of para-hydroxylation sites is 1. The number of aldehydes is 1. The smallest absolute Gasteiger partial charge is 0.336 e. The van der Waals surface area contributed by atoms with Crippen molar-refractivity contribution in [3.05, 3.63) is 46.3 Å². The number of methoxy groups -OCH3 is 1. The highest BCUT2D eigenvalue weighted by atomic mass is 16.5. The molecule has 0 amide bonds. The summed E-state index contributed by atoms with van der Waals surface area (Å²) in [5, 5.41) is 0.709. The minimum atomic E-state index is -0.742. The van der Waals surface area contributed by atoms with Gasteiger partial charge in [0.25, 0.3) is 0 Å². The molecule has 1 heterocycles. The Morgan fingerprint density at radius 1 is 1.38 bits per heavy atom. The second-order valence-corrected chi connectivity index (χ2v) is 3.31. The average Bonchev–Trinajstić information content (AvgIpc) is 2.30. The van der Waals surface area contributed by atoms with E-state index in [0.717, 1.165) is 0 Å². The minimum absolute atomic E-state index is 0.453. The van der Waals surface area contributed by atoms with Gasteiger partial charge in [0.2, 0.25) is 0 Å². The highest BCUT2D eigenvalue weighted by Crippen LogP contribution is 2.23. The SMILES string of the molecule is COC(C=O)c1cc(=O)oc2ccccc12. The molecule has 0 N–H and O–H groups in total. The summed E-state index contributed by atoms with van der Waals surface area (Å²) in [6.07, 6.45) is -0.0877. The third kappa shape index (κ3) is 1.75. The first-order valence-corrected chi connectivity index (χ1v) is 4.77. The molecule has 2 rings (SSSR count). The summed E-state index contributed by atoms with van der Waals surface area (Å²) >= 11 is 0. The topological polar surface area (TPSA) is 56.5 Å². The van der Waals surface area contributed by atoms with E-state index < -0.39 is 11.7 Å². The van der Waals surface area contributed by atoms with Gasteiger partial charge in [-0.15, -0.1) is 0 Å². The fraction of sp³-hybridized carbons (Fsp3) is 0.167. The van der Waals surface area contributed by atoms with Gasteiger partial charge in [0.05, 0.1) is 0 Å². The van der Waals surface area contributed by atoms with E-state index in [1.54, 1.807) is 18.2 Å². The lowest BCUT2D eigenvalue weighted by molar-refractivity contribution is -0.116. The molecule has 0 fully saturated rings. The van der Waals surface area contributed by atoms with Crippen LogP contribution in [0.2, 0.25) is 0 Å². The van der Waals surface area contributed by atoms with Crippen LogP contribution < -0.4 is 5.63 Å². The number of hydrogen-bond donors (Lipinski definition) is 0. The monoisotopic (exact) mass is 218 g/mol. The summed E-state index contributed by atoms with van der Waals surface area (Å²) in [5.74, 6) is 0. The Morgan fingerprint density at radius 2 is 2.12 bits per heavy atom. The van der Waals surface area contributed by atoms with Crippen LogP contribution in [0.4, 0.5) is 0 Å². The fourth-order valence-corrected chi connectivity index (χ4v) is 1.63. The van der Waals surface area contributed by atoms with Gasteiger partial charge in [-0.1, -0.05) is 18.2 Å².